The first-order valence-corrected chi connectivity index (χ1v) is 8.24. The molecule has 23 heavy (non-hydrogen) atoms. The van der Waals surface area contributed by atoms with E-state index in [0.29, 0.717) is 0 Å². The third kappa shape index (κ3) is 4.57. The molecule has 0 amide bonds. The number of hydrogen-bond donors (Lipinski definition) is 2. The second-order valence-electron chi connectivity index (χ2n) is 5.88. The lowest BCUT2D eigenvalue weighted by atomic mass is 10.0. The fraction of sp³-hybridized carbons (Fsp3) is 0.400. The minimum atomic E-state index is 0.180. The molecule has 3 heteroatoms. The molecule has 2 N–H and O–H groups in total. The third-order valence-electron chi connectivity index (χ3n) is 4.00. The van der Waals surface area contributed by atoms with E-state index < -0.39 is 0 Å². The van der Waals surface area contributed by atoms with Crippen LogP contribution in [0.3, 0.4) is 0 Å². The number of aliphatic hydroxyl groups excluding tert-OH is 2. The Hall–Kier alpha value is -1.84. The van der Waals surface area contributed by atoms with E-state index >= 15 is 0 Å². The van der Waals surface area contributed by atoms with Gasteiger partial charge in [-0.25, -0.2) is 0 Å². The molecule has 0 radical (unpaired) electrons. The molecule has 0 saturated heterocycles. The van der Waals surface area contributed by atoms with E-state index in [1.165, 1.54) is 0 Å². The molecule has 0 unspecified atom stereocenters. The summed E-state index contributed by atoms with van der Waals surface area (Å²) >= 11 is 0. The number of aryl methyl sites for hydroxylation is 4. The predicted octanol–water partition coefficient (Wildman–Crippen LogP) is 3.95. The summed E-state index contributed by atoms with van der Waals surface area (Å²) in [5, 5.41) is 18.2. The van der Waals surface area contributed by atoms with Crippen LogP contribution in [-0.2, 0) is 12.8 Å². The summed E-state index contributed by atoms with van der Waals surface area (Å²) in [7, 11) is 0. The lowest BCUT2D eigenvalue weighted by Gasteiger charge is -2.18. The van der Waals surface area contributed by atoms with Crippen molar-refractivity contribution < 1.29 is 14.9 Å². The first-order valence-electron chi connectivity index (χ1n) is 8.24. The van der Waals surface area contributed by atoms with Crippen LogP contribution in [0.15, 0.2) is 36.4 Å². The summed E-state index contributed by atoms with van der Waals surface area (Å²) in [6, 6.07) is 12.3. The van der Waals surface area contributed by atoms with Gasteiger partial charge in [-0.2, -0.15) is 0 Å². The van der Waals surface area contributed by atoms with Gasteiger partial charge in [-0.3, -0.25) is 0 Å². The van der Waals surface area contributed by atoms with Crippen molar-refractivity contribution in [1.82, 2.24) is 0 Å². The Morgan fingerprint density at radius 3 is 1.57 bits per heavy atom. The second-order valence-corrected chi connectivity index (χ2v) is 5.88. The summed E-state index contributed by atoms with van der Waals surface area (Å²) in [6.07, 6.45) is 3.05. The van der Waals surface area contributed by atoms with Crippen LogP contribution in [-0.4, -0.2) is 23.4 Å². The van der Waals surface area contributed by atoms with Gasteiger partial charge in [0.25, 0.3) is 0 Å². The Morgan fingerprint density at radius 1 is 0.739 bits per heavy atom. The van der Waals surface area contributed by atoms with E-state index in [1.54, 1.807) is 0 Å². The van der Waals surface area contributed by atoms with Gasteiger partial charge in [0.05, 0.1) is 0 Å². The van der Waals surface area contributed by atoms with Gasteiger partial charge in [0.1, 0.15) is 11.5 Å². The molecule has 0 aromatic heterocycles. The normalized spacial score (nSPS) is 10.8. The molecule has 0 atom stereocenters. The number of hydrogen-bond acceptors (Lipinski definition) is 3. The number of para-hydroxylation sites is 2. The molecule has 0 fully saturated rings. The van der Waals surface area contributed by atoms with Crippen LogP contribution < -0.4 is 4.74 Å². The van der Waals surface area contributed by atoms with Crippen LogP contribution in [0.2, 0.25) is 0 Å². The number of aliphatic hydroxyl groups is 2. The Labute approximate surface area is 138 Å². The monoisotopic (exact) mass is 314 g/mol. The van der Waals surface area contributed by atoms with Gasteiger partial charge in [0.15, 0.2) is 0 Å². The van der Waals surface area contributed by atoms with Gasteiger partial charge in [0, 0.05) is 13.2 Å². The molecular formula is C20H26O3. The maximum absolute atomic E-state index is 9.10. The van der Waals surface area contributed by atoms with E-state index in [0.717, 1.165) is 59.4 Å². The molecule has 2 aromatic rings. The summed E-state index contributed by atoms with van der Waals surface area (Å²) in [5.41, 5.74) is 4.43. The molecule has 0 aliphatic rings. The van der Waals surface area contributed by atoms with Gasteiger partial charge in [-0.15, -0.1) is 0 Å². The van der Waals surface area contributed by atoms with Crippen LogP contribution in [0.4, 0.5) is 0 Å². The first kappa shape index (κ1) is 17.5. The average Bonchev–Trinajstić information content (AvgIpc) is 2.55. The summed E-state index contributed by atoms with van der Waals surface area (Å²) in [4.78, 5) is 0. The van der Waals surface area contributed by atoms with Gasteiger partial charge in [0.2, 0.25) is 0 Å². The first-order chi connectivity index (χ1) is 11.2. The minimum absolute atomic E-state index is 0.180. The molecule has 2 rings (SSSR count). The molecule has 0 aliphatic heterocycles. The molecule has 0 spiro atoms. The Morgan fingerprint density at radius 2 is 1.17 bits per heavy atom. The zero-order chi connectivity index (χ0) is 16.7. The molecule has 2 aromatic carbocycles. The highest BCUT2D eigenvalue weighted by Crippen LogP contribution is 2.34. The summed E-state index contributed by atoms with van der Waals surface area (Å²) in [5.74, 6) is 1.78. The van der Waals surface area contributed by atoms with Crippen molar-refractivity contribution in [3.05, 3.63) is 58.7 Å². The summed E-state index contributed by atoms with van der Waals surface area (Å²) in [6.45, 7) is 4.45. The SMILES string of the molecule is Cc1cccc(CCCO)c1Oc1c(C)cccc1CCCO. The molecule has 0 heterocycles. The van der Waals surface area contributed by atoms with Crippen molar-refractivity contribution in [3.63, 3.8) is 0 Å². The topological polar surface area (TPSA) is 49.7 Å². The van der Waals surface area contributed by atoms with Crippen molar-refractivity contribution in [2.75, 3.05) is 13.2 Å². The Balaban J connectivity index is 2.35. The smallest absolute Gasteiger partial charge is 0.133 e. The Kier molecular flexibility index (Phi) is 6.63. The van der Waals surface area contributed by atoms with Crippen molar-refractivity contribution >= 4 is 0 Å². The van der Waals surface area contributed by atoms with Crippen molar-refractivity contribution in [3.8, 4) is 11.5 Å². The number of ether oxygens (including phenoxy) is 1. The van der Waals surface area contributed by atoms with E-state index in [1.807, 2.05) is 38.1 Å². The fourth-order valence-corrected chi connectivity index (χ4v) is 2.75. The second kappa shape index (κ2) is 8.70. The van der Waals surface area contributed by atoms with E-state index in [9.17, 15) is 0 Å². The highest BCUT2D eigenvalue weighted by molar-refractivity contribution is 5.48. The maximum atomic E-state index is 9.10. The van der Waals surface area contributed by atoms with Gasteiger partial charge >= 0.3 is 0 Å². The standard InChI is InChI=1S/C20H26O3/c1-15-7-3-9-17(11-5-13-21)19(15)23-20-16(2)8-4-10-18(20)12-6-14-22/h3-4,7-10,21-22H,5-6,11-14H2,1-2H3. The number of benzene rings is 2. The highest BCUT2D eigenvalue weighted by atomic mass is 16.5. The molecule has 3 nitrogen and oxygen atoms in total. The minimum Gasteiger partial charge on any atom is -0.456 e. The van der Waals surface area contributed by atoms with Crippen molar-refractivity contribution in [2.45, 2.75) is 39.5 Å². The molecule has 124 valence electrons. The zero-order valence-electron chi connectivity index (χ0n) is 14.0. The fourth-order valence-electron chi connectivity index (χ4n) is 2.75. The number of rotatable bonds is 8. The quantitative estimate of drug-likeness (QED) is 0.776. The van der Waals surface area contributed by atoms with E-state index in [4.69, 9.17) is 14.9 Å². The van der Waals surface area contributed by atoms with Crippen LogP contribution in [0.5, 0.6) is 11.5 Å². The van der Waals surface area contributed by atoms with Gasteiger partial charge in [-0.05, 0) is 61.8 Å². The van der Waals surface area contributed by atoms with E-state index in [-0.39, 0.29) is 13.2 Å². The van der Waals surface area contributed by atoms with Crippen LogP contribution >= 0.6 is 0 Å². The zero-order valence-corrected chi connectivity index (χ0v) is 14.0. The lowest BCUT2D eigenvalue weighted by molar-refractivity contribution is 0.287. The van der Waals surface area contributed by atoms with Crippen molar-refractivity contribution in [2.24, 2.45) is 0 Å². The van der Waals surface area contributed by atoms with Crippen LogP contribution in [0.1, 0.15) is 35.1 Å². The average molecular weight is 314 g/mol. The third-order valence-corrected chi connectivity index (χ3v) is 4.00. The highest BCUT2D eigenvalue weighted by Gasteiger charge is 2.13. The largest absolute Gasteiger partial charge is 0.456 e. The van der Waals surface area contributed by atoms with Gasteiger partial charge in [-0.1, -0.05) is 36.4 Å². The summed E-state index contributed by atoms with van der Waals surface area (Å²) < 4.78 is 6.33. The molecule has 0 bridgehead atoms. The van der Waals surface area contributed by atoms with Gasteiger partial charge < -0.3 is 14.9 Å². The molecule has 0 saturated carbocycles. The van der Waals surface area contributed by atoms with Crippen LogP contribution in [0.25, 0.3) is 0 Å². The Bertz CT molecular complexity index is 579. The van der Waals surface area contributed by atoms with Crippen molar-refractivity contribution in [1.29, 1.82) is 0 Å². The lowest BCUT2D eigenvalue weighted by Crippen LogP contribution is -2.01. The molecule has 0 aliphatic carbocycles. The van der Waals surface area contributed by atoms with Crippen LogP contribution in [0, 0.1) is 13.8 Å². The van der Waals surface area contributed by atoms with E-state index in [2.05, 4.69) is 12.1 Å². The predicted molar refractivity (Wildman–Crippen MR) is 93.2 cm³/mol. The molecular weight excluding hydrogens is 288 g/mol. The maximum Gasteiger partial charge on any atom is 0.133 e.